The van der Waals surface area contributed by atoms with Crippen molar-refractivity contribution in [3.8, 4) is 0 Å². The van der Waals surface area contributed by atoms with Crippen LogP contribution in [0.25, 0.3) is 0 Å². The van der Waals surface area contributed by atoms with Gasteiger partial charge in [0.1, 0.15) is 0 Å². The number of rotatable bonds is 4. The summed E-state index contributed by atoms with van der Waals surface area (Å²) in [6, 6.07) is 5.08. The lowest BCUT2D eigenvalue weighted by molar-refractivity contribution is 0.0954. The lowest BCUT2D eigenvalue weighted by Gasteiger charge is -2.06. The van der Waals surface area contributed by atoms with Crippen molar-refractivity contribution in [1.29, 1.82) is 0 Å². The molecule has 0 bridgehead atoms. The molecule has 6 heteroatoms. The first kappa shape index (κ1) is 14.4. The first-order valence-electron chi connectivity index (χ1n) is 5.74. The smallest absolute Gasteiger partial charge is 0.252 e. The van der Waals surface area contributed by atoms with Crippen LogP contribution in [0.2, 0.25) is 5.02 Å². The zero-order valence-corrected chi connectivity index (χ0v) is 12.8. The van der Waals surface area contributed by atoms with Crippen LogP contribution in [-0.4, -0.2) is 17.4 Å². The molecular weight excluding hydrogens is 300 g/mol. The molecule has 1 heterocycles. The van der Waals surface area contributed by atoms with Crippen molar-refractivity contribution in [2.75, 3.05) is 6.54 Å². The zero-order chi connectivity index (χ0) is 13.8. The van der Waals surface area contributed by atoms with E-state index in [0.717, 1.165) is 10.7 Å². The van der Waals surface area contributed by atoms with Gasteiger partial charge in [-0.05, 0) is 25.1 Å². The number of thiol groups is 1. The van der Waals surface area contributed by atoms with Gasteiger partial charge in [0.15, 0.2) is 0 Å². The Bertz CT molecular complexity index is 598. The van der Waals surface area contributed by atoms with Gasteiger partial charge in [0.2, 0.25) is 0 Å². The van der Waals surface area contributed by atoms with E-state index < -0.39 is 0 Å². The largest absolute Gasteiger partial charge is 0.352 e. The third kappa shape index (κ3) is 3.96. The van der Waals surface area contributed by atoms with Gasteiger partial charge in [0.05, 0.1) is 21.3 Å². The summed E-state index contributed by atoms with van der Waals surface area (Å²) in [5, 5.41) is 6.30. The first-order valence-corrected chi connectivity index (χ1v) is 7.44. The molecule has 0 fully saturated rings. The van der Waals surface area contributed by atoms with Crippen LogP contribution in [0.3, 0.4) is 0 Å². The Morgan fingerprint density at radius 3 is 3.00 bits per heavy atom. The number of aryl methyl sites for hydroxylation is 1. The molecule has 100 valence electrons. The van der Waals surface area contributed by atoms with Gasteiger partial charge in [0.25, 0.3) is 5.91 Å². The van der Waals surface area contributed by atoms with E-state index in [1.54, 1.807) is 29.5 Å². The van der Waals surface area contributed by atoms with Crippen LogP contribution in [-0.2, 0) is 6.42 Å². The highest BCUT2D eigenvalue weighted by atomic mass is 35.5. The minimum Gasteiger partial charge on any atom is -0.352 e. The van der Waals surface area contributed by atoms with Crippen LogP contribution in [0.15, 0.2) is 28.5 Å². The average Bonchev–Trinajstić information content (AvgIpc) is 2.78. The third-order valence-corrected chi connectivity index (χ3v) is 3.96. The second kappa shape index (κ2) is 6.41. The summed E-state index contributed by atoms with van der Waals surface area (Å²) < 4.78 is 0. The SMILES string of the molecule is Cc1nc(CCNC(=O)c2cc(S)ccc2Cl)cs1. The normalized spacial score (nSPS) is 10.5. The molecule has 0 saturated heterocycles. The van der Waals surface area contributed by atoms with Crippen LogP contribution in [0, 0.1) is 6.92 Å². The molecule has 19 heavy (non-hydrogen) atoms. The lowest BCUT2D eigenvalue weighted by atomic mass is 10.2. The number of nitrogens with zero attached hydrogens (tertiary/aromatic N) is 1. The number of benzene rings is 1. The molecule has 0 saturated carbocycles. The van der Waals surface area contributed by atoms with Gasteiger partial charge in [-0.2, -0.15) is 0 Å². The number of carbonyl (C=O) groups excluding carboxylic acids is 1. The van der Waals surface area contributed by atoms with E-state index in [0.29, 0.717) is 28.4 Å². The van der Waals surface area contributed by atoms with Crippen LogP contribution >= 0.6 is 35.6 Å². The number of amides is 1. The molecule has 0 spiro atoms. The Morgan fingerprint density at radius 2 is 2.32 bits per heavy atom. The summed E-state index contributed by atoms with van der Waals surface area (Å²) in [6.07, 6.45) is 0.717. The Labute approximate surface area is 126 Å². The molecule has 1 aromatic heterocycles. The zero-order valence-electron chi connectivity index (χ0n) is 10.3. The average molecular weight is 313 g/mol. The van der Waals surface area contributed by atoms with Crippen molar-refractivity contribution in [2.45, 2.75) is 18.2 Å². The minimum absolute atomic E-state index is 0.187. The molecule has 1 N–H and O–H groups in total. The van der Waals surface area contributed by atoms with E-state index in [1.807, 2.05) is 12.3 Å². The maximum atomic E-state index is 12.0. The van der Waals surface area contributed by atoms with Gasteiger partial charge in [-0.15, -0.1) is 24.0 Å². The van der Waals surface area contributed by atoms with E-state index in [2.05, 4.69) is 22.9 Å². The molecule has 0 unspecified atom stereocenters. The highest BCUT2D eigenvalue weighted by Gasteiger charge is 2.10. The molecule has 2 aromatic rings. The molecule has 0 radical (unpaired) electrons. The van der Waals surface area contributed by atoms with Crippen molar-refractivity contribution >= 4 is 41.5 Å². The van der Waals surface area contributed by atoms with Crippen LogP contribution in [0.5, 0.6) is 0 Å². The standard InChI is InChI=1S/C13H13ClN2OS2/c1-8-16-9(7-19-8)4-5-15-13(17)11-6-10(18)2-3-12(11)14/h2-3,6-7,18H,4-5H2,1H3,(H,15,17). The highest BCUT2D eigenvalue weighted by Crippen LogP contribution is 2.19. The number of halogens is 1. The van der Waals surface area contributed by atoms with Crippen LogP contribution < -0.4 is 5.32 Å². The third-order valence-electron chi connectivity index (χ3n) is 2.53. The van der Waals surface area contributed by atoms with Crippen molar-refractivity contribution in [3.63, 3.8) is 0 Å². The fourth-order valence-corrected chi connectivity index (χ4v) is 2.66. The Kier molecular flexibility index (Phi) is 4.85. The number of hydrogen-bond acceptors (Lipinski definition) is 4. The monoisotopic (exact) mass is 312 g/mol. The lowest BCUT2D eigenvalue weighted by Crippen LogP contribution is -2.26. The fourth-order valence-electron chi connectivity index (χ4n) is 1.61. The summed E-state index contributed by atoms with van der Waals surface area (Å²) >= 11 is 11.8. The molecule has 0 aliphatic rings. The van der Waals surface area contributed by atoms with E-state index in [4.69, 9.17) is 11.6 Å². The van der Waals surface area contributed by atoms with E-state index in [-0.39, 0.29) is 5.91 Å². The highest BCUT2D eigenvalue weighted by molar-refractivity contribution is 7.80. The molecule has 1 aromatic carbocycles. The molecule has 0 atom stereocenters. The molecule has 0 aliphatic carbocycles. The van der Waals surface area contributed by atoms with Gasteiger partial charge in [0, 0.05) is 23.2 Å². The van der Waals surface area contributed by atoms with E-state index in [9.17, 15) is 4.79 Å². The summed E-state index contributed by atoms with van der Waals surface area (Å²) in [4.78, 5) is 17.0. The minimum atomic E-state index is -0.187. The second-order valence-electron chi connectivity index (χ2n) is 4.03. The van der Waals surface area contributed by atoms with Gasteiger partial charge >= 0.3 is 0 Å². The maximum absolute atomic E-state index is 12.0. The molecule has 2 rings (SSSR count). The number of hydrogen-bond donors (Lipinski definition) is 2. The van der Waals surface area contributed by atoms with Gasteiger partial charge < -0.3 is 5.32 Å². The molecule has 3 nitrogen and oxygen atoms in total. The molecule has 0 aliphatic heterocycles. The summed E-state index contributed by atoms with van der Waals surface area (Å²) in [7, 11) is 0. The van der Waals surface area contributed by atoms with Crippen molar-refractivity contribution in [2.24, 2.45) is 0 Å². The van der Waals surface area contributed by atoms with Gasteiger partial charge in [-0.25, -0.2) is 4.98 Å². The van der Waals surface area contributed by atoms with Crippen LogP contribution in [0.4, 0.5) is 0 Å². The molecule has 1 amide bonds. The topological polar surface area (TPSA) is 42.0 Å². The maximum Gasteiger partial charge on any atom is 0.252 e. The number of carbonyl (C=O) groups is 1. The Hall–Kier alpha value is -1.04. The predicted octanol–water partition coefficient (Wildman–Crippen LogP) is 3.37. The number of aromatic nitrogens is 1. The van der Waals surface area contributed by atoms with Crippen molar-refractivity contribution in [1.82, 2.24) is 10.3 Å². The predicted molar refractivity (Wildman–Crippen MR) is 81.6 cm³/mol. The number of nitrogens with one attached hydrogen (secondary N) is 1. The van der Waals surface area contributed by atoms with Crippen molar-refractivity contribution < 1.29 is 4.79 Å². The van der Waals surface area contributed by atoms with Crippen molar-refractivity contribution in [3.05, 3.63) is 44.9 Å². The quantitative estimate of drug-likeness (QED) is 0.850. The Balaban J connectivity index is 1.92. The summed E-state index contributed by atoms with van der Waals surface area (Å²) in [5.41, 5.74) is 1.44. The number of thiazole rings is 1. The summed E-state index contributed by atoms with van der Waals surface area (Å²) in [6.45, 7) is 2.50. The van der Waals surface area contributed by atoms with E-state index >= 15 is 0 Å². The molecular formula is C13H13ClN2OS2. The van der Waals surface area contributed by atoms with Crippen LogP contribution in [0.1, 0.15) is 21.1 Å². The van der Waals surface area contributed by atoms with E-state index in [1.165, 1.54) is 0 Å². The van der Waals surface area contributed by atoms with Gasteiger partial charge in [-0.1, -0.05) is 11.6 Å². The summed E-state index contributed by atoms with van der Waals surface area (Å²) in [5.74, 6) is -0.187. The fraction of sp³-hybridized carbons (Fsp3) is 0.231. The second-order valence-corrected chi connectivity index (χ2v) is 6.01. The Morgan fingerprint density at radius 1 is 1.53 bits per heavy atom. The van der Waals surface area contributed by atoms with Gasteiger partial charge in [-0.3, -0.25) is 4.79 Å². The first-order chi connectivity index (χ1) is 9.06.